The van der Waals surface area contributed by atoms with Crippen LogP contribution in [0, 0.1) is 0 Å². The van der Waals surface area contributed by atoms with Crippen molar-refractivity contribution < 1.29 is 4.42 Å². The first-order valence-electron chi connectivity index (χ1n) is 4.13. The summed E-state index contributed by atoms with van der Waals surface area (Å²) in [5.74, 6) is 0. The molecule has 0 unspecified atom stereocenters. The number of thiocarbonyl (C=S) groups is 1. The molecule has 0 aliphatic carbocycles. The minimum atomic E-state index is -0.302. The second-order valence-corrected chi connectivity index (χ2v) is 3.17. The lowest BCUT2D eigenvalue weighted by Crippen LogP contribution is -2.18. The number of hydrogen-bond donors (Lipinski definition) is 2. The first kappa shape index (κ1) is 11.2. The summed E-state index contributed by atoms with van der Waals surface area (Å²) in [6, 6.07) is 10.6. The van der Waals surface area contributed by atoms with Crippen LogP contribution in [0.3, 0.4) is 0 Å². The summed E-state index contributed by atoms with van der Waals surface area (Å²) in [7, 11) is 0. The van der Waals surface area contributed by atoms with Crippen molar-refractivity contribution in [2.75, 3.05) is 0 Å². The van der Waals surface area contributed by atoms with Crippen LogP contribution >= 0.6 is 12.2 Å². The lowest BCUT2D eigenvalue weighted by Gasteiger charge is -1.91. The molecule has 0 atom stereocenters. The highest BCUT2D eigenvalue weighted by atomic mass is 32.1. The van der Waals surface area contributed by atoms with Gasteiger partial charge in [-0.1, -0.05) is 18.2 Å². The normalized spacial score (nSPS) is 9.07. The zero-order valence-corrected chi connectivity index (χ0v) is 8.66. The molecule has 1 aromatic heterocycles. The standard InChI is InChI=1S/C9H6O2.CH4N2S/c10-9-6-5-7-3-1-2-4-8(7)11-9;2-1(3)4/h1-6H;(H4,2,3,4). The van der Waals surface area contributed by atoms with Crippen LogP contribution in [0.15, 0.2) is 45.6 Å². The van der Waals surface area contributed by atoms with E-state index in [2.05, 4.69) is 23.7 Å². The highest BCUT2D eigenvalue weighted by molar-refractivity contribution is 7.80. The third-order valence-electron chi connectivity index (χ3n) is 1.53. The Bertz CT molecular complexity index is 518. The number of nitrogens with two attached hydrogens (primary N) is 2. The van der Waals surface area contributed by atoms with Gasteiger partial charge in [-0.25, -0.2) is 4.79 Å². The number of rotatable bonds is 0. The molecule has 78 valence electrons. The average molecular weight is 222 g/mol. The van der Waals surface area contributed by atoms with Gasteiger partial charge in [0.25, 0.3) is 0 Å². The number of benzene rings is 1. The first-order chi connectivity index (χ1) is 7.09. The second-order valence-electron chi connectivity index (χ2n) is 2.69. The summed E-state index contributed by atoms with van der Waals surface area (Å²) >= 11 is 4.09. The molecule has 2 aromatic rings. The van der Waals surface area contributed by atoms with Crippen LogP contribution in [0.2, 0.25) is 0 Å². The van der Waals surface area contributed by atoms with E-state index in [1.807, 2.05) is 18.2 Å². The fourth-order valence-electron chi connectivity index (χ4n) is 1.01. The molecule has 0 amide bonds. The molecule has 0 radical (unpaired) electrons. The maximum Gasteiger partial charge on any atom is 0.336 e. The van der Waals surface area contributed by atoms with E-state index in [4.69, 9.17) is 4.42 Å². The zero-order valence-electron chi connectivity index (χ0n) is 7.84. The molecule has 0 saturated carbocycles. The van der Waals surface area contributed by atoms with Crippen LogP contribution in [0.25, 0.3) is 11.0 Å². The third kappa shape index (κ3) is 3.78. The summed E-state index contributed by atoms with van der Waals surface area (Å²) in [5, 5.41) is 0.951. The Morgan fingerprint density at radius 3 is 2.40 bits per heavy atom. The van der Waals surface area contributed by atoms with Crippen LogP contribution in [-0.2, 0) is 0 Å². The summed E-state index contributed by atoms with van der Waals surface area (Å²) in [6.45, 7) is 0. The molecule has 5 heteroatoms. The van der Waals surface area contributed by atoms with Gasteiger partial charge < -0.3 is 15.9 Å². The maximum absolute atomic E-state index is 10.7. The molecule has 0 bridgehead atoms. The van der Waals surface area contributed by atoms with E-state index in [1.54, 1.807) is 12.1 Å². The highest BCUT2D eigenvalue weighted by Crippen LogP contribution is 2.08. The van der Waals surface area contributed by atoms with Crippen LogP contribution in [0.5, 0.6) is 0 Å². The van der Waals surface area contributed by atoms with Gasteiger partial charge in [0, 0.05) is 11.5 Å². The zero-order chi connectivity index (χ0) is 11.3. The molecule has 0 saturated heterocycles. The van der Waals surface area contributed by atoms with Crippen LogP contribution < -0.4 is 17.1 Å². The van der Waals surface area contributed by atoms with Gasteiger partial charge in [0.1, 0.15) is 5.58 Å². The van der Waals surface area contributed by atoms with Crippen LogP contribution in [0.1, 0.15) is 0 Å². The number of fused-ring (bicyclic) bond motifs is 1. The van der Waals surface area contributed by atoms with Crippen molar-refractivity contribution in [1.82, 2.24) is 0 Å². The molecule has 4 nitrogen and oxygen atoms in total. The van der Waals surface area contributed by atoms with Gasteiger partial charge in [0.2, 0.25) is 0 Å². The van der Waals surface area contributed by atoms with Gasteiger partial charge in [-0.2, -0.15) is 0 Å². The van der Waals surface area contributed by atoms with Gasteiger partial charge in [-0.3, -0.25) is 0 Å². The van der Waals surface area contributed by atoms with Crippen LogP contribution in [-0.4, -0.2) is 5.11 Å². The molecule has 1 heterocycles. The summed E-state index contributed by atoms with van der Waals surface area (Å²) < 4.78 is 4.91. The molecule has 0 aliphatic heterocycles. The molecule has 15 heavy (non-hydrogen) atoms. The van der Waals surface area contributed by atoms with Gasteiger partial charge in [-0.05, 0) is 24.4 Å². The van der Waals surface area contributed by atoms with Crippen molar-refractivity contribution in [3.8, 4) is 0 Å². The monoisotopic (exact) mass is 222 g/mol. The fourth-order valence-corrected chi connectivity index (χ4v) is 1.01. The molecule has 0 spiro atoms. The van der Waals surface area contributed by atoms with E-state index < -0.39 is 0 Å². The quantitative estimate of drug-likeness (QED) is 0.513. The Morgan fingerprint density at radius 2 is 1.73 bits per heavy atom. The lowest BCUT2D eigenvalue weighted by molar-refractivity contribution is 0.561. The minimum absolute atomic E-state index is 0.000000000000000222. The molecule has 2 rings (SSSR count). The van der Waals surface area contributed by atoms with Crippen molar-refractivity contribution in [2.45, 2.75) is 0 Å². The van der Waals surface area contributed by atoms with E-state index in [9.17, 15) is 4.79 Å². The van der Waals surface area contributed by atoms with Crippen molar-refractivity contribution >= 4 is 28.3 Å². The fraction of sp³-hybridized carbons (Fsp3) is 0. The number of hydrogen-bond acceptors (Lipinski definition) is 3. The van der Waals surface area contributed by atoms with Crippen LogP contribution in [0.4, 0.5) is 0 Å². The van der Waals surface area contributed by atoms with Crippen molar-refractivity contribution in [2.24, 2.45) is 11.5 Å². The first-order valence-corrected chi connectivity index (χ1v) is 4.54. The number of para-hydroxylation sites is 1. The van der Waals surface area contributed by atoms with Gasteiger partial charge in [-0.15, -0.1) is 0 Å². The topological polar surface area (TPSA) is 82.2 Å². The molecule has 0 aliphatic rings. The van der Waals surface area contributed by atoms with E-state index in [0.29, 0.717) is 5.58 Å². The predicted molar refractivity (Wildman–Crippen MR) is 63.5 cm³/mol. The Balaban J connectivity index is 0.000000245. The Kier molecular flexibility index (Phi) is 3.82. The largest absolute Gasteiger partial charge is 0.423 e. The maximum atomic E-state index is 10.7. The van der Waals surface area contributed by atoms with Crippen molar-refractivity contribution in [1.29, 1.82) is 0 Å². The summed E-state index contributed by atoms with van der Waals surface area (Å²) in [6.07, 6.45) is 0. The van der Waals surface area contributed by atoms with E-state index in [1.165, 1.54) is 6.07 Å². The van der Waals surface area contributed by atoms with Gasteiger partial charge in [0.05, 0.1) is 0 Å². The average Bonchev–Trinajstić information content (AvgIpc) is 2.16. The third-order valence-corrected chi connectivity index (χ3v) is 1.53. The Morgan fingerprint density at radius 1 is 1.13 bits per heavy atom. The smallest absolute Gasteiger partial charge is 0.336 e. The lowest BCUT2D eigenvalue weighted by atomic mass is 10.2. The van der Waals surface area contributed by atoms with E-state index in [0.717, 1.165) is 5.39 Å². The van der Waals surface area contributed by atoms with E-state index in [-0.39, 0.29) is 10.7 Å². The SMILES string of the molecule is NC(N)=S.O=c1ccc2ccccc2o1. The Labute approximate surface area is 91.5 Å². The van der Waals surface area contributed by atoms with Gasteiger partial charge in [0.15, 0.2) is 5.11 Å². The molecule has 4 N–H and O–H groups in total. The predicted octanol–water partition coefficient (Wildman–Crippen LogP) is 0.982. The summed E-state index contributed by atoms with van der Waals surface area (Å²) in [5.41, 5.74) is 9.58. The highest BCUT2D eigenvalue weighted by Gasteiger charge is 1.92. The molecular weight excluding hydrogens is 212 g/mol. The van der Waals surface area contributed by atoms with Crippen molar-refractivity contribution in [3.05, 3.63) is 46.8 Å². The van der Waals surface area contributed by atoms with E-state index >= 15 is 0 Å². The van der Waals surface area contributed by atoms with Gasteiger partial charge >= 0.3 is 5.63 Å². The molecule has 0 fully saturated rings. The Hall–Kier alpha value is -1.88. The molecular formula is C10H10N2O2S. The van der Waals surface area contributed by atoms with Crippen molar-refractivity contribution in [3.63, 3.8) is 0 Å². The molecule has 1 aromatic carbocycles. The minimum Gasteiger partial charge on any atom is -0.423 e. The second kappa shape index (κ2) is 5.11. The summed E-state index contributed by atoms with van der Waals surface area (Å²) in [4.78, 5) is 10.7.